The lowest BCUT2D eigenvalue weighted by atomic mass is 10.3. The third kappa shape index (κ3) is 3.12. The molecule has 3 N–H and O–H groups in total. The largest absolute Gasteiger partial charge is 0.511 e. The van der Waals surface area contributed by atoms with Crippen LogP contribution in [0.25, 0.3) is 0 Å². The second-order valence-corrected chi connectivity index (χ2v) is 3.85. The number of carboxylic acids is 1. The van der Waals surface area contributed by atoms with Crippen molar-refractivity contribution in [2.45, 2.75) is 11.6 Å². The van der Waals surface area contributed by atoms with Gasteiger partial charge in [-0.05, 0) is 0 Å². The van der Waals surface area contributed by atoms with E-state index in [1.165, 1.54) is 0 Å². The van der Waals surface area contributed by atoms with Crippen LogP contribution in [0.5, 0.6) is 0 Å². The summed E-state index contributed by atoms with van der Waals surface area (Å²) in [5.41, 5.74) is -5.60. The topological polar surface area (TPSA) is 104 Å². The minimum atomic E-state index is -5.74. The van der Waals surface area contributed by atoms with Crippen molar-refractivity contribution in [3.05, 3.63) is 0 Å². The van der Waals surface area contributed by atoms with Crippen molar-refractivity contribution in [1.29, 1.82) is 0 Å². The normalized spacial score (nSPS) is 15.1. The monoisotopic (exact) mass is 237 g/mol. The number of aliphatic hydroxyl groups is 1. The van der Waals surface area contributed by atoms with Crippen LogP contribution >= 0.6 is 0 Å². The molecule has 0 rings (SSSR count). The first-order chi connectivity index (χ1) is 6.12. The molecule has 1 atom stereocenters. The van der Waals surface area contributed by atoms with Gasteiger partial charge in [-0.1, -0.05) is 0 Å². The lowest BCUT2D eigenvalue weighted by Gasteiger charge is -2.13. The summed E-state index contributed by atoms with van der Waals surface area (Å²) in [5.74, 6) is -1.90. The Kier molecular flexibility index (Phi) is 3.85. The van der Waals surface area contributed by atoms with E-state index in [9.17, 15) is 26.4 Å². The van der Waals surface area contributed by atoms with Gasteiger partial charge in [0.2, 0.25) is 0 Å². The summed E-state index contributed by atoms with van der Waals surface area (Å²) in [6.45, 7) is -1.27. The summed E-state index contributed by atoms with van der Waals surface area (Å²) < 4.78 is 56.4. The van der Waals surface area contributed by atoms with Crippen LogP contribution in [0.3, 0.4) is 0 Å². The molecular weight excluding hydrogens is 231 g/mol. The van der Waals surface area contributed by atoms with Gasteiger partial charge in [0, 0.05) is 0 Å². The zero-order valence-corrected chi connectivity index (χ0v) is 7.26. The lowest BCUT2D eigenvalue weighted by Crippen LogP contribution is -2.48. The van der Waals surface area contributed by atoms with Crippen molar-refractivity contribution in [2.75, 3.05) is 6.61 Å². The number of hydrogen-bond donors (Lipinski definition) is 3. The van der Waals surface area contributed by atoms with Crippen LogP contribution in [0.4, 0.5) is 13.2 Å². The van der Waals surface area contributed by atoms with Crippen molar-refractivity contribution in [1.82, 2.24) is 4.72 Å². The lowest BCUT2D eigenvalue weighted by molar-refractivity contribution is -0.140. The molecule has 0 aliphatic rings. The molecule has 0 aromatic rings. The first-order valence-electron chi connectivity index (χ1n) is 3.04. The Morgan fingerprint density at radius 2 is 1.86 bits per heavy atom. The number of hydrogen-bond acceptors (Lipinski definition) is 4. The van der Waals surface area contributed by atoms with Crippen molar-refractivity contribution in [3.8, 4) is 0 Å². The molecule has 0 aromatic carbocycles. The summed E-state index contributed by atoms with van der Waals surface area (Å²) in [4.78, 5) is 10.1. The zero-order chi connectivity index (χ0) is 11.6. The highest BCUT2D eigenvalue weighted by Crippen LogP contribution is 2.21. The first kappa shape index (κ1) is 13.1. The Labute approximate surface area is 76.4 Å². The van der Waals surface area contributed by atoms with Crippen molar-refractivity contribution in [2.24, 2.45) is 0 Å². The Morgan fingerprint density at radius 1 is 1.43 bits per heavy atom. The Bertz CT molecular complexity index is 309. The fraction of sp³-hybridized carbons (Fsp3) is 0.750. The SMILES string of the molecule is O=C(O)C(CO)NS(=O)(=O)C(F)(F)F. The molecule has 0 radical (unpaired) electrons. The third-order valence-corrected chi connectivity index (χ3v) is 2.29. The molecule has 10 heteroatoms. The van der Waals surface area contributed by atoms with E-state index in [1.807, 2.05) is 0 Å². The number of halogens is 3. The van der Waals surface area contributed by atoms with Crippen molar-refractivity contribution >= 4 is 16.0 Å². The van der Waals surface area contributed by atoms with Gasteiger partial charge in [-0.15, -0.1) is 0 Å². The molecule has 6 nitrogen and oxygen atoms in total. The average Bonchev–Trinajstić information content (AvgIpc) is 1.97. The van der Waals surface area contributed by atoms with E-state index < -0.39 is 34.1 Å². The fourth-order valence-electron chi connectivity index (χ4n) is 0.420. The van der Waals surface area contributed by atoms with Crippen molar-refractivity contribution < 1.29 is 36.6 Å². The maximum atomic E-state index is 11.7. The summed E-state index contributed by atoms with van der Waals surface area (Å²) in [7, 11) is -5.74. The molecule has 14 heavy (non-hydrogen) atoms. The number of aliphatic hydroxyl groups excluding tert-OH is 1. The van der Waals surface area contributed by atoms with E-state index in [0.717, 1.165) is 4.72 Å². The zero-order valence-electron chi connectivity index (χ0n) is 6.45. The second kappa shape index (κ2) is 4.11. The van der Waals surface area contributed by atoms with Gasteiger partial charge in [0.05, 0.1) is 6.61 Å². The number of nitrogens with one attached hydrogen (secondary N) is 1. The maximum absolute atomic E-state index is 11.7. The van der Waals surface area contributed by atoms with Gasteiger partial charge in [0.1, 0.15) is 6.04 Å². The molecule has 84 valence electrons. The molecule has 1 unspecified atom stereocenters. The quantitative estimate of drug-likeness (QED) is 0.574. The van der Waals surface area contributed by atoms with Crippen molar-refractivity contribution in [3.63, 3.8) is 0 Å². The Balaban J connectivity index is 4.75. The molecule has 0 aliphatic carbocycles. The Morgan fingerprint density at radius 3 is 2.07 bits per heavy atom. The molecule has 0 aromatic heterocycles. The van der Waals surface area contributed by atoms with Gasteiger partial charge in [0.15, 0.2) is 0 Å². The molecule has 0 spiro atoms. The number of rotatable bonds is 4. The van der Waals surface area contributed by atoms with Crippen LogP contribution in [0.15, 0.2) is 0 Å². The minimum Gasteiger partial charge on any atom is -0.480 e. The first-order valence-corrected chi connectivity index (χ1v) is 4.52. The maximum Gasteiger partial charge on any atom is 0.511 e. The summed E-state index contributed by atoms with van der Waals surface area (Å²) >= 11 is 0. The number of carbonyl (C=O) groups is 1. The number of aliphatic carboxylic acids is 1. The highest BCUT2D eigenvalue weighted by Gasteiger charge is 2.47. The number of alkyl halides is 3. The predicted octanol–water partition coefficient (Wildman–Crippen LogP) is -1.13. The van der Waals surface area contributed by atoms with Gasteiger partial charge in [-0.3, -0.25) is 4.79 Å². The average molecular weight is 237 g/mol. The predicted molar refractivity (Wildman–Crippen MR) is 36.6 cm³/mol. The number of carboxylic acid groups (broad SMARTS) is 1. The molecule has 0 saturated carbocycles. The summed E-state index contributed by atoms with van der Waals surface area (Å²) in [5, 5.41) is 16.4. The van der Waals surface area contributed by atoms with Gasteiger partial charge in [-0.2, -0.15) is 17.9 Å². The van der Waals surface area contributed by atoms with E-state index in [2.05, 4.69) is 0 Å². The summed E-state index contributed by atoms with van der Waals surface area (Å²) in [6.07, 6.45) is 0. The fourth-order valence-corrected chi connectivity index (χ4v) is 1.10. The molecule has 0 fully saturated rings. The van der Waals surface area contributed by atoms with Gasteiger partial charge >= 0.3 is 21.5 Å². The molecule has 0 saturated heterocycles. The number of sulfonamides is 1. The molecule has 0 amide bonds. The van der Waals surface area contributed by atoms with E-state index in [0.29, 0.717) is 0 Å². The molecule has 0 bridgehead atoms. The Hall–Kier alpha value is -0.870. The summed E-state index contributed by atoms with van der Waals surface area (Å²) in [6, 6.07) is -2.21. The molecule has 0 aliphatic heterocycles. The van der Waals surface area contributed by atoms with Crippen LogP contribution in [-0.4, -0.2) is 42.8 Å². The molecular formula is C4H6F3NO5S. The third-order valence-electron chi connectivity index (χ3n) is 1.08. The highest BCUT2D eigenvalue weighted by atomic mass is 32.2. The van der Waals surface area contributed by atoms with E-state index >= 15 is 0 Å². The smallest absolute Gasteiger partial charge is 0.480 e. The van der Waals surface area contributed by atoms with Gasteiger partial charge in [0.25, 0.3) is 0 Å². The minimum absolute atomic E-state index is 0.780. The van der Waals surface area contributed by atoms with Crippen LogP contribution in [-0.2, 0) is 14.8 Å². The van der Waals surface area contributed by atoms with Crippen LogP contribution in [0.2, 0.25) is 0 Å². The van der Waals surface area contributed by atoms with Gasteiger partial charge in [-0.25, -0.2) is 8.42 Å². The second-order valence-electron chi connectivity index (χ2n) is 2.14. The van der Waals surface area contributed by atoms with Crippen LogP contribution in [0, 0.1) is 0 Å². The molecule has 0 heterocycles. The van der Waals surface area contributed by atoms with E-state index in [-0.39, 0.29) is 0 Å². The van der Waals surface area contributed by atoms with Gasteiger partial charge < -0.3 is 10.2 Å². The van der Waals surface area contributed by atoms with E-state index in [4.69, 9.17) is 10.2 Å². The van der Waals surface area contributed by atoms with Crippen LogP contribution < -0.4 is 4.72 Å². The standard InChI is InChI=1S/C4H6F3NO5S/c5-4(6,7)14(12,13)8-2(1-9)3(10)11/h2,8-9H,1H2,(H,10,11). The van der Waals surface area contributed by atoms with Crippen LogP contribution in [0.1, 0.15) is 0 Å². The van der Waals surface area contributed by atoms with E-state index in [1.54, 1.807) is 0 Å². The highest BCUT2D eigenvalue weighted by molar-refractivity contribution is 7.90.